The van der Waals surface area contributed by atoms with Crippen LogP contribution in [-0.4, -0.2) is 19.3 Å². The monoisotopic (exact) mass is 239 g/mol. The highest BCUT2D eigenvalue weighted by atomic mass is 19.1. The number of hydrogen-bond acceptors (Lipinski definition) is 2. The van der Waals surface area contributed by atoms with E-state index in [1.165, 1.54) is 6.07 Å². The van der Waals surface area contributed by atoms with Crippen molar-refractivity contribution in [3.63, 3.8) is 0 Å². The van der Waals surface area contributed by atoms with Crippen LogP contribution in [0.1, 0.15) is 38.8 Å². The highest BCUT2D eigenvalue weighted by Gasteiger charge is 2.13. The molecule has 0 aliphatic carbocycles. The van der Waals surface area contributed by atoms with Gasteiger partial charge in [-0.25, -0.2) is 4.39 Å². The number of ether oxygens (including phenoxy) is 1. The lowest BCUT2D eigenvalue weighted by Gasteiger charge is -2.20. The van der Waals surface area contributed by atoms with Gasteiger partial charge in [0.25, 0.3) is 0 Å². The van der Waals surface area contributed by atoms with Crippen LogP contribution in [0.4, 0.5) is 4.39 Å². The fourth-order valence-electron chi connectivity index (χ4n) is 1.88. The standard InChI is InChI=1S/C14H22FNO/c1-4-14(16-10-11(3)17-5-2)12-8-6-7-9-13(12)15/h6-9,11,14,16H,4-5,10H2,1-3H3. The van der Waals surface area contributed by atoms with Gasteiger partial charge in [-0.15, -0.1) is 0 Å². The third-order valence-electron chi connectivity index (χ3n) is 2.79. The van der Waals surface area contributed by atoms with Crippen molar-refractivity contribution in [1.82, 2.24) is 5.32 Å². The molecule has 2 atom stereocenters. The predicted molar refractivity (Wildman–Crippen MR) is 68.5 cm³/mol. The molecular formula is C14H22FNO. The average Bonchev–Trinajstić information content (AvgIpc) is 2.32. The summed E-state index contributed by atoms with van der Waals surface area (Å²) >= 11 is 0. The van der Waals surface area contributed by atoms with Crippen LogP contribution in [0.15, 0.2) is 24.3 Å². The Balaban J connectivity index is 2.57. The second-order valence-electron chi connectivity index (χ2n) is 4.16. The van der Waals surface area contributed by atoms with E-state index in [1.807, 2.05) is 26.0 Å². The van der Waals surface area contributed by atoms with Gasteiger partial charge in [-0.2, -0.15) is 0 Å². The van der Waals surface area contributed by atoms with Crippen molar-refractivity contribution < 1.29 is 9.13 Å². The van der Waals surface area contributed by atoms with E-state index in [1.54, 1.807) is 6.07 Å². The summed E-state index contributed by atoms with van der Waals surface area (Å²) in [5.74, 6) is -0.143. The predicted octanol–water partition coefficient (Wildman–Crippen LogP) is 3.29. The molecule has 0 fully saturated rings. The van der Waals surface area contributed by atoms with Gasteiger partial charge in [0.15, 0.2) is 0 Å². The molecule has 0 spiro atoms. The fraction of sp³-hybridized carbons (Fsp3) is 0.571. The van der Waals surface area contributed by atoms with Crippen LogP contribution < -0.4 is 5.32 Å². The van der Waals surface area contributed by atoms with Gasteiger partial charge >= 0.3 is 0 Å². The molecule has 96 valence electrons. The zero-order valence-corrected chi connectivity index (χ0v) is 10.9. The smallest absolute Gasteiger partial charge is 0.127 e. The van der Waals surface area contributed by atoms with Gasteiger partial charge < -0.3 is 10.1 Å². The number of nitrogens with one attached hydrogen (secondary N) is 1. The van der Waals surface area contributed by atoms with Crippen molar-refractivity contribution in [3.05, 3.63) is 35.6 Å². The first-order valence-corrected chi connectivity index (χ1v) is 6.28. The number of hydrogen-bond donors (Lipinski definition) is 1. The molecule has 0 aromatic heterocycles. The van der Waals surface area contributed by atoms with Crippen molar-refractivity contribution in [2.45, 2.75) is 39.3 Å². The summed E-state index contributed by atoms with van der Waals surface area (Å²) in [5.41, 5.74) is 0.735. The molecule has 2 unspecified atom stereocenters. The van der Waals surface area contributed by atoms with Crippen molar-refractivity contribution in [2.24, 2.45) is 0 Å². The Kier molecular flexibility index (Phi) is 6.16. The van der Waals surface area contributed by atoms with Crippen LogP contribution in [0.3, 0.4) is 0 Å². The summed E-state index contributed by atoms with van der Waals surface area (Å²) in [6.45, 7) is 7.49. The molecule has 0 amide bonds. The molecule has 2 nitrogen and oxygen atoms in total. The maximum Gasteiger partial charge on any atom is 0.127 e. The summed E-state index contributed by atoms with van der Waals surface area (Å²) in [7, 11) is 0. The third-order valence-corrected chi connectivity index (χ3v) is 2.79. The van der Waals surface area contributed by atoms with Crippen LogP contribution in [0, 0.1) is 5.82 Å². The lowest BCUT2D eigenvalue weighted by molar-refractivity contribution is 0.0737. The molecule has 3 heteroatoms. The molecule has 0 saturated heterocycles. The first kappa shape index (κ1) is 14.1. The Labute approximate surface area is 103 Å². The minimum absolute atomic E-state index is 0.0547. The van der Waals surface area contributed by atoms with E-state index in [0.717, 1.165) is 18.5 Å². The zero-order valence-electron chi connectivity index (χ0n) is 10.9. The maximum absolute atomic E-state index is 13.6. The van der Waals surface area contributed by atoms with Crippen molar-refractivity contribution in [2.75, 3.05) is 13.2 Å². The van der Waals surface area contributed by atoms with Gasteiger partial charge in [-0.05, 0) is 26.3 Å². The quantitative estimate of drug-likeness (QED) is 0.788. The van der Waals surface area contributed by atoms with E-state index < -0.39 is 0 Å². The Morgan fingerprint density at radius 1 is 1.29 bits per heavy atom. The fourth-order valence-corrected chi connectivity index (χ4v) is 1.88. The van der Waals surface area contributed by atoms with Crippen LogP contribution in [0.2, 0.25) is 0 Å². The average molecular weight is 239 g/mol. The van der Waals surface area contributed by atoms with Crippen molar-refractivity contribution in [3.8, 4) is 0 Å². The summed E-state index contributed by atoms with van der Waals surface area (Å²) < 4.78 is 19.1. The maximum atomic E-state index is 13.6. The van der Waals surface area contributed by atoms with Crippen LogP contribution >= 0.6 is 0 Å². The van der Waals surface area contributed by atoms with Gasteiger partial charge in [-0.1, -0.05) is 25.1 Å². The molecule has 0 aliphatic rings. The van der Waals surface area contributed by atoms with Crippen LogP contribution in [0.25, 0.3) is 0 Å². The Morgan fingerprint density at radius 3 is 2.59 bits per heavy atom. The lowest BCUT2D eigenvalue weighted by Crippen LogP contribution is -2.30. The van der Waals surface area contributed by atoms with E-state index >= 15 is 0 Å². The summed E-state index contributed by atoms with van der Waals surface area (Å²) in [6, 6.07) is 6.98. The molecule has 0 bridgehead atoms. The largest absolute Gasteiger partial charge is 0.377 e. The summed E-state index contributed by atoms with van der Waals surface area (Å²) in [5, 5.41) is 3.35. The third kappa shape index (κ3) is 4.44. The van der Waals surface area contributed by atoms with Crippen LogP contribution in [-0.2, 0) is 4.74 Å². The topological polar surface area (TPSA) is 21.3 Å². The van der Waals surface area contributed by atoms with Crippen molar-refractivity contribution in [1.29, 1.82) is 0 Å². The summed E-state index contributed by atoms with van der Waals surface area (Å²) in [4.78, 5) is 0. The van der Waals surface area contributed by atoms with E-state index in [4.69, 9.17) is 4.74 Å². The van der Waals surface area contributed by atoms with Crippen LogP contribution in [0.5, 0.6) is 0 Å². The highest BCUT2D eigenvalue weighted by molar-refractivity contribution is 5.21. The second kappa shape index (κ2) is 7.41. The molecule has 0 saturated carbocycles. The molecule has 0 aliphatic heterocycles. The molecular weight excluding hydrogens is 217 g/mol. The van der Waals surface area contributed by atoms with Gasteiger partial charge in [0, 0.05) is 24.8 Å². The molecule has 17 heavy (non-hydrogen) atoms. The highest BCUT2D eigenvalue weighted by Crippen LogP contribution is 2.19. The number of rotatable bonds is 7. The summed E-state index contributed by atoms with van der Waals surface area (Å²) in [6.07, 6.45) is 1.01. The molecule has 0 radical (unpaired) electrons. The Morgan fingerprint density at radius 2 is 2.00 bits per heavy atom. The number of benzene rings is 1. The minimum Gasteiger partial charge on any atom is -0.377 e. The van der Waals surface area contributed by atoms with Gasteiger partial charge in [-0.3, -0.25) is 0 Å². The van der Waals surface area contributed by atoms with E-state index in [0.29, 0.717) is 6.61 Å². The second-order valence-corrected chi connectivity index (χ2v) is 4.16. The first-order valence-electron chi connectivity index (χ1n) is 6.28. The SMILES string of the molecule is CCOC(C)CNC(CC)c1ccccc1F. The number of halogens is 1. The Bertz CT molecular complexity index is 330. The molecule has 1 rings (SSSR count). The molecule has 1 aromatic carbocycles. The zero-order chi connectivity index (χ0) is 12.7. The normalized spacial score (nSPS) is 14.6. The van der Waals surface area contributed by atoms with E-state index in [2.05, 4.69) is 12.2 Å². The first-order chi connectivity index (χ1) is 8.19. The van der Waals surface area contributed by atoms with Gasteiger partial charge in [0.1, 0.15) is 5.82 Å². The van der Waals surface area contributed by atoms with Gasteiger partial charge in [0.2, 0.25) is 0 Å². The minimum atomic E-state index is -0.143. The van der Waals surface area contributed by atoms with Crippen molar-refractivity contribution >= 4 is 0 Å². The Hall–Kier alpha value is -0.930. The molecule has 1 aromatic rings. The molecule has 1 N–H and O–H groups in total. The lowest BCUT2D eigenvalue weighted by atomic mass is 10.0. The molecule has 0 heterocycles. The van der Waals surface area contributed by atoms with E-state index in [9.17, 15) is 4.39 Å². The van der Waals surface area contributed by atoms with Gasteiger partial charge in [0.05, 0.1) is 6.10 Å². The van der Waals surface area contributed by atoms with E-state index in [-0.39, 0.29) is 18.0 Å².